The molecule has 2 aromatic heterocycles. The Hall–Kier alpha value is -0.320. The number of thioether (sulfide) groups is 1. The topological polar surface area (TPSA) is 25.8 Å². The summed E-state index contributed by atoms with van der Waals surface area (Å²) in [5.74, 6) is 1.68. The standard InChI is InChI=1S/C14H17ClN2S2/c1-14(2,3)18-7-10-16-12(15)11-8-5-4-6-9(8)19-13(11)17-10/h4-7H2,1-3H3. The van der Waals surface area contributed by atoms with Crippen LogP contribution in [-0.2, 0) is 18.6 Å². The Balaban J connectivity index is 1.97. The largest absolute Gasteiger partial charge is 0.221 e. The Labute approximate surface area is 127 Å². The number of hydrogen-bond donors (Lipinski definition) is 0. The Morgan fingerprint density at radius 2 is 2.05 bits per heavy atom. The van der Waals surface area contributed by atoms with E-state index in [0.29, 0.717) is 5.15 Å². The van der Waals surface area contributed by atoms with Crippen molar-refractivity contribution in [1.82, 2.24) is 9.97 Å². The molecule has 1 aliphatic carbocycles. The second-order valence-electron chi connectivity index (χ2n) is 5.87. The van der Waals surface area contributed by atoms with Crippen molar-refractivity contribution in [3.63, 3.8) is 0 Å². The number of fused-ring (bicyclic) bond motifs is 3. The van der Waals surface area contributed by atoms with E-state index >= 15 is 0 Å². The quantitative estimate of drug-likeness (QED) is 0.740. The van der Waals surface area contributed by atoms with E-state index in [0.717, 1.165) is 28.2 Å². The van der Waals surface area contributed by atoms with Crippen LogP contribution in [0.25, 0.3) is 10.2 Å². The summed E-state index contributed by atoms with van der Waals surface area (Å²) < 4.78 is 0.224. The third-order valence-corrected chi connectivity index (χ3v) is 5.93. The van der Waals surface area contributed by atoms with Gasteiger partial charge in [0.1, 0.15) is 15.8 Å². The number of nitrogens with zero attached hydrogens (tertiary/aromatic N) is 2. The molecule has 0 atom stereocenters. The third kappa shape index (κ3) is 2.76. The second kappa shape index (κ2) is 4.90. The Morgan fingerprint density at radius 1 is 1.26 bits per heavy atom. The smallest absolute Gasteiger partial charge is 0.141 e. The second-order valence-corrected chi connectivity index (χ2v) is 9.11. The zero-order chi connectivity index (χ0) is 13.6. The summed E-state index contributed by atoms with van der Waals surface area (Å²) in [6.07, 6.45) is 3.56. The number of hydrogen-bond acceptors (Lipinski definition) is 4. The van der Waals surface area contributed by atoms with Crippen LogP contribution in [0.15, 0.2) is 0 Å². The van der Waals surface area contributed by atoms with Crippen LogP contribution in [0.1, 0.15) is 43.5 Å². The predicted molar refractivity (Wildman–Crippen MR) is 85.5 cm³/mol. The summed E-state index contributed by atoms with van der Waals surface area (Å²) in [7, 11) is 0. The fraction of sp³-hybridized carbons (Fsp3) is 0.571. The maximum absolute atomic E-state index is 6.38. The highest BCUT2D eigenvalue weighted by Crippen LogP contribution is 2.39. The van der Waals surface area contributed by atoms with Crippen LogP contribution < -0.4 is 0 Å². The summed E-state index contributed by atoms with van der Waals surface area (Å²) >= 11 is 10.0. The van der Waals surface area contributed by atoms with Gasteiger partial charge in [0.15, 0.2) is 0 Å². The van der Waals surface area contributed by atoms with Crippen molar-refractivity contribution in [3.8, 4) is 0 Å². The summed E-state index contributed by atoms with van der Waals surface area (Å²) in [5.41, 5.74) is 1.40. The first kappa shape index (κ1) is 13.7. The first-order valence-electron chi connectivity index (χ1n) is 6.55. The Morgan fingerprint density at radius 3 is 2.79 bits per heavy atom. The van der Waals surface area contributed by atoms with Gasteiger partial charge in [0.2, 0.25) is 0 Å². The van der Waals surface area contributed by atoms with Gasteiger partial charge in [-0.15, -0.1) is 23.1 Å². The van der Waals surface area contributed by atoms with E-state index in [9.17, 15) is 0 Å². The van der Waals surface area contributed by atoms with Gasteiger partial charge in [-0.05, 0) is 24.8 Å². The van der Waals surface area contributed by atoms with Gasteiger partial charge >= 0.3 is 0 Å². The molecule has 0 fully saturated rings. The van der Waals surface area contributed by atoms with Gasteiger partial charge in [-0.25, -0.2) is 9.97 Å². The van der Waals surface area contributed by atoms with E-state index in [4.69, 9.17) is 16.6 Å². The molecule has 3 rings (SSSR count). The molecule has 1 aliphatic rings. The van der Waals surface area contributed by atoms with Crippen LogP contribution in [-0.4, -0.2) is 14.7 Å². The van der Waals surface area contributed by atoms with Crippen LogP contribution in [0.4, 0.5) is 0 Å². The molecule has 102 valence electrons. The number of thiophene rings is 1. The molecule has 0 bridgehead atoms. The molecular weight excluding hydrogens is 296 g/mol. The van der Waals surface area contributed by atoms with Crippen LogP contribution in [0.2, 0.25) is 5.15 Å². The van der Waals surface area contributed by atoms with Crippen LogP contribution >= 0.6 is 34.7 Å². The predicted octanol–water partition coefficient (Wildman–Crippen LogP) is 4.87. The lowest BCUT2D eigenvalue weighted by Crippen LogP contribution is -2.08. The molecule has 0 saturated heterocycles. The van der Waals surface area contributed by atoms with Crippen molar-refractivity contribution in [2.45, 2.75) is 50.5 Å². The van der Waals surface area contributed by atoms with Gasteiger partial charge in [0.05, 0.1) is 11.1 Å². The number of rotatable bonds is 2. The molecule has 2 aromatic rings. The van der Waals surface area contributed by atoms with Gasteiger partial charge in [0.25, 0.3) is 0 Å². The zero-order valence-electron chi connectivity index (χ0n) is 11.4. The van der Waals surface area contributed by atoms with Crippen LogP contribution in [0.5, 0.6) is 0 Å². The molecule has 0 saturated carbocycles. The van der Waals surface area contributed by atoms with E-state index < -0.39 is 0 Å². The molecule has 0 amide bonds. The molecule has 0 aromatic carbocycles. The van der Waals surface area contributed by atoms with E-state index in [2.05, 4.69) is 25.8 Å². The van der Waals surface area contributed by atoms with Crippen molar-refractivity contribution in [1.29, 1.82) is 0 Å². The normalized spacial score (nSPS) is 15.2. The monoisotopic (exact) mass is 312 g/mol. The maximum atomic E-state index is 6.38. The number of aryl methyl sites for hydroxylation is 2. The summed E-state index contributed by atoms with van der Waals surface area (Å²) in [5, 5.41) is 1.76. The van der Waals surface area contributed by atoms with Gasteiger partial charge in [-0.3, -0.25) is 0 Å². The zero-order valence-corrected chi connectivity index (χ0v) is 13.8. The highest BCUT2D eigenvalue weighted by molar-refractivity contribution is 7.99. The van der Waals surface area contributed by atoms with Crippen molar-refractivity contribution in [3.05, 3.63) is 21.4 Å². The van der Waals surface area contributed by atoms with Crippen molar-refractivity contribution in [2.24, 2.45) is 0 Å². The van der Waals surface area contributed by atoms with Crippen molar-refractivity contribution >= 4 is 44.9 Å². The average Bonchev–Trinajstić information content (AvgIpc) is 2.84. The molecule has 0 spiro atoms. The lowest BCUT2D eigenvalue weighted by Gasteiger charge is -2.16. The minimum Gasteiger partial charge on any atom is -0.221 e. The van der Waals surface area contributed by atoms with E-state index in [-0.39, 0.29) is 4.75 Å². The first-order chi connectivity index (χ1) is 8.94. The molecule has 19 heavy (non-hydrogen) atoms. The lowest BCUT2D eigenvalue weighted by molar-refractivity contribution is 0.800. The highest BCUT2D eigenvalue weighted by Gasteiger charge is 2.22. The first-order valence-corrected chi connectivity index (χ1v) is 8.73. The molecule has 0 unspecified atom stereocenters. The summed E-state index contributed by atoms with van der Waals surface area (Å²) in [6, 6.07) is 0. The highest BCUT2D eigenvalue weighted by atomic mass is 35.5. The van der Waals surface area contributed by atoms with Gasteiger partial charge < -0.3 is 0 Å². The Kier molecular flexibility index (Phi) is 3.52. The van der Waals surface area contributed by atoms with Crippen molar-refractivity contribution in [2.75, 3.05) is 0 Å². The van der Waals surface area contributed by atoms with E-state index in [1.165, 1.54) is 23.3 Å². The van der Waals surface area contributed by atoms with E-state index in [1.807, 2.05) is 11.8 Å². The maximum Gasteiger partial charge on any atom is 0.141 e. The Bertz CT molecular complexity index is 628. The van der Waals surface area contributed by atoms with Crippen LogP contribution in [0, 0.1) is 0 Å². The number of halogens is 1. The SMILES string of the molecule is CC(C)(C)SCc1nc(Cl)c2c3c(sc2n1)CCC3. The average molecular weight is 313 g/mol. The molecule has 2 nitrogen and oxygen atoms in total. The minimum atomic E-state index is 0.224. The van der Waals surface area contributed by atoms with E-state index in [1.54, 1.807) is 11.3 Å². The van der Waals surface area contributed by atoms with Gasteiger partial charge in [0, 0.05) is 9.62 Å². The summed E-state index contributed by atoms with van der Waals surface area (Å²) in [6.45, 7) is 6.62. The third-order valence-electron chi connectivity index (χ3n) is 3.20. The fourth-order valence-corrected chi connectivity index (χ4v) is 4.67. The van der Waals surface area contributed by atoms with Crippen molar-refractivity contribution < 1.29 is 0 Å². The van der Waals surface area contributed by atoms with Gasteiger partial charge in [-0.2, -0.15) is 0 Å². The molecule has 0 N–H and O–H groups in total. The molecule has 0 aliphatic heterocycles. The van der Waals surface area contributed by atoms with Crippen LogP contribution in [0.3, 0.4) is 0 Å². The molecule has 5 heteroatoms. The van der Waals surface area contributed by atoms with Gasteiger partial charge in [-0.1, -0.05) is 32.4 Å². The molecule has 2 heterocycles. The molecule has 0 radical (unpaired) electrons. The minimum absolute atomic E-state index is 0.224. The summed E-state index contributed by atoms with van der Waals surface area (Å²) in [4.78, 5) is 11.7. The number of aromatic nitrogens is 2. The molecular formula is C14H17ClN2S2. The fourth-order valence-electron chi connectivity index (χ4n) is 2.34. The lowest BCUT2D eigenvalue weighted by atomic mass is 10.2.